The number of halogens is 2. The summed E-state index contributed by atoms with van der Waals surface area (Å²) in [5.74, 6) is -0.737. The zero-order chi connectivity index (χ0) is 13.8. The third kappa shape index (κ3) is 3.18. The highest BCUT2D eigenvalue weighted by molar-refractivity contribution is 5.29. The van der Waals surface area contributed by atoms with E-state index in [9.17, 15) is 8.78 Å². The van der Waals surface area contributed by atoms with Gasteiger partial charge in [0.05, 0.1) is 0 Å². The van der Waals surface area contributed by atoms with Crippen LogP contribution in [0.4, 0.5) is 8.78 Å². The standard InChI is InChI=1S/C16H17F2N/c1-11-8-15(18)13(10-14(11)17)16(19-2)9-12-6-4-3-5-7-12/h3-8,10,16,19H,9H2,1-2H3. The summed E-state index contributed by atoms with van der Waals surface area (Å²) in [4.78, 5) is 0. The van der Waals surface area contributed by atoms with Gasteiger partial charge in [-0.2, -0.15) is 0 Å². The number of nitrogens with one attached hydrogen (secondary N) is 1. The van der Waals surface area contributed by atoms with E-state index in [0.717, 1.165) is 5.56 Å². The molecule has 0 aromatic heterocycles. The third-order valence-corrected chi connectivity index (χ3v) is 3.28. The molecule has 100 valence electrons. The zero-order valence-electron chi connectivity index (χ0n) is 11.1. The van der Waals surface area contributed by atoms with E-state index in [0.29, 0.717) is 17.5 Å². The molecule has 0 aliphatic carbocycles. The molecule has 0 bridgehead atoms. The topological polar surface area (TPSA) is 12.0 Å². The molecule has 0 amide bonds. The molecule has 0 radical (unpaired) electrons. The molecule has 2 aromatic rings. The maximum atomic E-state index is 14.0. The van der Waals surface area contributed by atoms with Gasteiger partial charge in [-0.15, -0.1) is 0 Å². The molecule has 0 aliphatic heterocycles. The van der Waals surface area contributed by atoms with E-state index >= 15 is 0 Å². The normalized spacial score (nSPS) is 12.4. The SMILES string of the molecule is CNC(Cc1ccccc1)c1cc(F)c(C)cc1F. The van der Waals surface area contributed by atoms with E-state index in [1.165, 1.54) is 12.1 Å². The molecule has 1 N–H and O–H groups in total. The Morgan fingerprint density at radius 3 is 2.37 bits per heavy atom. The lowest BCUT2D eigenvalue weighted by Crippen LogP contribution is -2.20. The van der Waals surface area contributed by atoms with Crippen molar-refractivity contribution in [3.63, 3.8) is 0 Å². The first kappa shape index (κ1) is 13.7. The molecule has 0 heterocycles. The quantitative estimate of drug-likeness (QED) is 0.883. The molecular formula is C16H17F2N. The maximum Gasteiger partial charge on any atom is 0.128 e. The minimum absolute atomic E-state index is 0.238. The number of likely N-dealkylation sites (N-methyl/N-ethyl adjacent to an activating group) is 1. The van der Waals surface area contributed by atoms with Crippen molar-refractivity contribution in [3.05, 3.63) is 70.8 Å². The van der Waals surface area contributed by atoms with Crippen molar-refractivity contribution in [2.24, 2.45) is 0 Å². The highest BCUT2D eigenvalue weighted by Gasteiger charge is 2.16. The van der Waals surface area contributed by atoms with Gasteiger partial charge in [-0.05, 0) is 43.7 Å². The van der Waals surface area contributed by atoms with Crippen LogP contribution in [0.5, 0.6) is 0 Å². The lowest BCUT2D eigenvalue weighted by molar-refractivity contribution is 0.520. The molecule has 1 nitrogen and oxygen atoms in total. The first-order valence-electron chi connectivity index (χ1n) is 6.28. The predicted molar refractivity (Wildman–Crippen MR) is 73.0 cm³/mol. The van der Waals surface area contributed by atoms with E-state index in [4.69, 9.17) is 0 Å². The van der Waals surface area contributed by atoms with Gasteiger partial charge in [-0.25, -0.2) is 8.78 Å². The second-order valence-corrected chi connectivity index (χ2v) is 4.65. The summed E-state index contributed by atoms with van der Waals surface area (Å²) in [6, 6.07) is 12.1. The Labute approximate surface area is 112 Å². The Morgan fingerprint density at radius 2 is 1.74 bits per heavy atom. The number of hydrogen-bond donors (Lipinski definition) is 1. The molecule has 0 aliphatic rings. The average Bonchev–Trinajstić information content (AvgIpc) is 2.42. The summed E-state index contributed by atoms with van der Waals surface area (Å²) in [5.41, 5.74) is 1.78. The highest BCUT2D eigenvalue weighted by atomic mass is 19.1. The van der Waals surface area contributed by atoms with Crippen LogP contribution in [0.3, 0.4) is 0 Å². The predicted octanol–water partition coefficient (Wildman–Crippen LogP) is 3.78. The van der Waals surface area contributed by atoms with Crippen LogP contribution in [0.15, 0.2) is 42.5 Å². The summed E-state index contributed by atoms with van der Waals surface area (Å²) >= 11 is 0. The molecule has 1 atom stereocenters. The zero-order valence-corrected chi connectivity index (χ0v) is 11.1. The Kier molecular flexibility index (Phi) is 4.27. The first-order chi connectivity index (χ1) is 9.11. The number of aryl methyl sites for hydroxylation is 1. The van der Waals surface area contributed by atoms with E-state index < -0.39 is 0 Å². The molecule has 0 saturated heterocycles. The maximum absolute atomic E-state index is 14.0. The Morgan fingerprint density at radius 1 is 1.05 bits per heavy atom. The number of rotatable bonds is 4. The smallest absolute Gasteiger partial charge is 0.128 e. The van der Waals surface area contributed by atoms with Crippen LogP contribution in [-0.4, -0.2) is 7.05 Å². The minimum Gasteiger partial charge on any atom is -0.313 e. The van der Waals surface area contributed by atoms with Crippen LogP contribution < -0.4 is 5.32 Å². The molecule has 0 fully saturated rings. The van der Waals surface area contributed by atoms with Crippen molar-refractivity contribution in [1.82, 2.24) is 5.32 Å². The fraction of sp³-hybridized carbons (Fsp3) is 0.250. The second-order valence-electron chi connectivity index (χ2n) is 4.65. The lowest BCUT2D eigenvalue weighted by Gasteiger charge is -2.18. The van der Waals surface area contributed by atoms with Gasteiger partial charge in [0.15, 0.2) is 0 Å². The number of benzene rings is 2. The molecule has 3 heteroatoms. The number of hydrogen-bond acceptors (Lipinski definition) is 1. The van der Waals surface area contributed by atoms with Crippen molar-refractivity contribution in [1.29, 1.82) is 0 Å². The highest BCUT2D eigenvalue weighted by Crippen LogP contribution is 2.23. The average molecular weight is 261 g/mol. The summed E-state index contributed by atoms with van der Waals surface area (Å²) in [7, 11) is 1.75. The Hall–Kier alpha value is -1.74. The molecular weight excluding hydrogens is 244 g/mol. The molecule has 19 heavy (non-hydrogen) atoms. The van der Waals surface area contributed by atoms with Gasteiger partial charge < -0.3 is 5.32 Å². The fourth-order valence-corrected chi connectivity index (χ4v) is 2.15. The van der Waals surface area contributed by atoms with Crippen LogP contribution >= 0.6 is 0 Å². The van der Waals surface area contributed by atoms with E-state index in [2.05, 4.69) is 5.32 Å². The van der Waals surface area contributed by atoms with Crippen LogP contribution in [0, 0.1) is 18.6 Å². The van der Waals surface area contributed by atoms with Gasteiger partial charge in [0.2, 0.25) is 0 Å². The van der Waals surface area contributed by atoms with Gasteiger partial charge >= 0.3 is 0 Å². The van der Waals surface area contributed by atoms with E-state index in [-0.39, 0.29) is 17.7 Å². The van der Waals surface area contributed by atoms with Crippen LogP contribution in [0.25, 0.3) is 0 Å². The van der Waals surface area contributed by atoms with Crippen LogP contribution in [0.2, 0.25) is 0 Å². The largest absolute Gasteiger partial charge is 0.313 e. The van der Waals surface area contributed by atoms with Gasteiger partial charge in [0, 0.05) is 11.6 Å². The second kappa shape index (κ2) is 5.93. The van der Waals surface area contributed by atoms with Crippen molar-refractivity contribution < 1.29 is 8.78 Å². The fourth-order valence-electron chi connectivity index (χ4n) is 2.15. The summed E-state index contributed by atoms with van der Waals surface area (Å²) in [6.07, 6.45) is 0.622. The van der Waals surface area contributed by atoms with Crippen molar-refractivity contribution in [2.45, 2.75) is 19.4 Å². The molecule has 2 aromatic carbocycles. The monoisotopic (exact) mass is 261 g/mol. The van der Waals surface area contributed by atoms with Gasteiger partial charge in [0.1, 0.15) is 11.6 Å². The van der Waals surface area contributed by atoms with Gasteiger partial charge in [-0.3, -0.25) is 0 Å². The van der Waals surface area contributed by atoms with E-state index in [1.54, 1.807) is 14.0 Å². The van der Waals surface area contributed by atoms with Crippen LogP contribution in [-0.2, 0) is 6.42 Å². The first-order valence-corrected chi connectivity index (χ1v) is 6.28. The summed E-state index contributed by atoms with van der Waals surface area (Å²) < 4.78 is 27.6. The van der Waals surface area contributed by atoms with Crippen LogP contribution in [0.1, 0.15) is 22.7 Å². The minimum atomic E-state index is -0.371. The lowest BCUT2D eigenvalue weighted by atomic mass is 9.97. The van der Waals surface area contributed by atoms with Gasteiger partial charge in [-0.1, -0.05) is 30.3 Å². The van der Waals surface area contributed by atoms with Crippen molar-refractivity contribution in [2.75, 3.05) is 7.05 Å². The van der Waals surface area contributed by atoms with Crippen molar-refractivity contribution >= 4 is 0 Å². The van der Waals surface area contributed by atoms with Gasteiger partial charge in [0.25, 0.3) is 0 Å². The molecule has 1 unspecified atom stereocenters. The van der Waals surface area contributed by atoms with Crippen molar-refractivity contribution in [3.8, 4) is 0 Å². The third-order valence-electron chi connectivity index (χ3n) is 3.28. The Balaban J connectivity index is 2.30. The Bertz CT molecular complexity index is 552. The molecule has 2 rings (SSSR count). The van der Waals surface area contributed by atoms with E-state index in [1.807, 2.05) is 30.3 Å². The summed E-state index contributed by atoms with van der Waals surface area (Å²) in [6.45, 7) is 1.56. The summed E-state index contributed by atoms with van der Waals surface area (Å²) in [5, 5.41) is 3.05. The molecule has 0 spiro atoms. The molecule has 0 saturated carbocycles.